The molecule has 3 heterocycles. The summed E-state index contributed by atoms with van der Waals surface area (Å²) in [6.07, 6.45) is 0.903. The van der Waals surface area contributed by atoms with Gasteiger partial charge in [0.25, 0.3) is 0 Å². The fourth-order valence-electron chi connectivity index (χ4n) is 4.20. The second kappa shape index (κ2) is 8.58. The highest BCUT2D eigenvalue weighted by atomic mass is 32.2. The number of thiazole rings is 1. The number of nitrogens with one attached hydrogen (secondary N) is 1. The van der Waals surface area contributed by atoms with E-state index in [4.69, 9.17) is 16.6 Å². The van der Waals surface area contributed by atoms with E-state index in [1.165, 1.54) is 27.8 Å². The lowest BCUT2D eigenvalue weighted by Crippen LogP contribution is -2.43. The number of hydrogen-bond donors (Lipinski definition) is 4. The Morgan fingerprint density at radius 2 is 1.80 bits per heavy atom. The van der Waals surface area contributed by atoms with Crippen LogP contribution in [0.4, 0.5) is 5.13 Å². The standard InChI is InChI=1S/C19H21N9O4S3/c20-10-6-8-28(9-7-10)35(31,32)14-5-4-11(12-2-1-3-13-16(12)23-19(21)33-13)15(17(14)34(22,29)30)18-24-26-27-25-18/h1-5,10H,6-9,20H2,(H2,21,23)(H2,22,29,30)(H,24,25,26,27). The minimum atomic E-state index is -4.60. The number of hydrogen-bond acceptors (Lipinski definition) is 11. The average Bonchev–Trinajstić information content (AvgIpc) is 3.46. The number of nitrogens with zero attached hydrogens (tertiary/aromatic N) is 5. The highest BCUT2D eigenvalue weighted by Gasteiger charge is 2.36. The van der Waals surface area contributed by atoms with E-state index in [-0.39, 0.29) is 30.5 Å². The van der Waals surface area contributed by atoms with Gasteiger partial charge in [0.1, 0.15) is 9.79 Å². The van der Waals surface area contributed by atoms with Crippen molar-refractivity contribution in [2.45, 2.75) is 28.7 Å². The van der Waals surface area contributed by atoms with Gasteiger partial charge in [-0.05, 0) is 35.8 Å². The SMILES string of the molecule is Nc1nc2c(-c3ccc(S(=O)(=O)N4CCC(N)CC4)c(S(N)(=O)=O)c3-c3nn[nH]n3)cccc2s1. The molecule has 13 nitrogen and oxygen atoms in total. The van der Waals surface area contributed by atoms with E-state index in [9.17, 15) is 16.8 Å². The van der Waals surface area contributed by atoms with Crippen molar-refractivity contribution in [1.29, 1.82) is 0 Å². The molecule has 4 aromatic rings. The number of sulfonamides is 2. The Hall–Kier alpha value is -3.02. The molecule has 2 aromatic heterocycles. The zero-order valence-electron chi connectivity index (χ0n) is 18.1. The largest absolute Gasteiger partial charge is 0.375 e. The molecule has 0 aliphatic carbocycles. The molecule has 0 spiro atoms. The summed E-state index contributed by atoms with van der Waals surface area (Å²) >= 11 is 1.26. The van der Waals surface area contributed by atoms with Crippen molar-refractivity contribution in [2.24, 2.45) is 10.9 Å². The van der Waals surface area contributed by atoms with Crippen molar-refractivity contribution >= 4 is 46.7 Å². The number of primary sulfonamides is 1. The van der Waals surface area contributed by atoms with Gasteiger partial charge in [0.05, 0.1) is 15.8 Å². The molecule has 0 bridgehead atoms. The number of nitrogen functional groups attached to an aromatic ring is 1. The van der Waals surface area contributed by atoms with Crippen molar-refractivity contribution in [3.05, 3.63) is 30.3 Å². The molecule has 5 rings (SSSR count). The van der Waals surface area contributed by atoms with Crippen LogP contribution in [0.3, 0.4) is 0 Å². The number of para-hydroxylation sites is 1. The lowest BCUT2D eigenvalue weighted by Gasteiger charge is -2.30. The summed E-state index contributed by atoms with van der Waals surface area (Å²) in [5.74, 6) is -0.137. The fraction of sp³-hybridized carbons (Fsp3) is 0.263. The topological polar surface area (TPSA) is 217 Å². The Balaban J connectivity index is 1.83. The Morgan fingerprint density at radius 3 is 2.46 bits per heavy atom. The third-order valence-corrected chi connectivity index (χ3v) is 9.73. The molecule has 0 amide bonds. The first kappa shape index (κ1) is 23.7. The molecular formula is C19H21N9O4S3. The summed E-state index contributed by atoms with van der Waals surface area (Å²) in [5.41, 5.74) is 13.1. The lowest BCUT2D eigenvalue weighted by atomic mass is 9.98. The van der Waals surface area contributed by atoms with Gasteiger partial charge in [-0.3, -0.25) is 0 Å². The van der Waals surface area contributed by atoms with Crippen molar-refractivity contribution in [3.63, 3.8) is 0 Å². The van der Waals surface area contributed by atoms with Crippen LogP contribution >= 0.6 is 11.3 Å². The number of benzene rings is 2. The number of H-pyrrole nitrogens is 1. The highest BCUT2D eigenvalue weighted by Crippen LogP contribution is 2.42. The highest BCUT2D eigenvalue weighted by molar-refractivity contribution is 7.92. The number of tetrazole rings is 1. The number of anilines is 1. The molecule has 0 saturated carbocycles. The molecule has 7 N–H and O–H groups in total. The number of fused-ring (bicyclic) bond motifs is 1. The van der Waals surface area contributed by atoms with Crippen LogP contribution in [0.1, 0.15) is 12.8 Å². The van der Waals surface area contributed by atoms with E-state index in [2.05, 4.69) is 25.6 Å². The predicted molar refractivity (Wildman–Crippen MR) is 130 cm³/mol. The summed E-state index contributed by atoms with van der Waals surface area (Å²) in [6, 6.07) is 7.90. The van der Waals surface area contributed by atoms with Gasteiger partial charge in [-0.2, -0.15) is 9.52 Å². The van der Waals surface area contributed by atoms with Crippen molar-refractivity contribution in [1.82, 2.24) is 29.9 Å². The second-order valence-corrected chi connectivity index (χ2v) is 12.5. The van der Waals surface area contributed by atoms with Crippen LogP contribution in [0.25, 0.3) is 32.7 Å². The molecular weight excluding hydrogens is 514 g/mol. The Morgan fingerprint density at radius 1 is 1.06 bits per heavy atom. The van der Waals surface area contributed by atoms with Gasteiger partial charge in [0.15, 0.2) is 5.13 Å². The molecule has 1 aliphatic rings. The van der Waals surface area contributed by atoms with E-state index in [1.54, 1.807) is 12.1 Å². The van der Waals surface area contributed by atoms with E-state index in [0.29, 0.717) is 34.6 Å². The van der Waals surface area contributed by atoms with Crippen LogP contribution in [-0.4, -0.2) is 65.9 Å². The van der Waals surface area contributed by atoms with Crippen LogP contribution in [0.5, 0.6) is 0 Å². The van der Waals surface area contributed by atoms with Crippen molar-refractivity contribution < 1.29 is 16.8 Å². The molecule has 0 unspecified atom stereocenters. The molecule has 2 aromatic carbocycles. The predicted octanol–water partition coefficient (Wildman–Crippen LogP) is 0.485. The summed E-state index contributed by atoms with van der Waals surface area (Å²) in [7, 11) is -8.85. The first-order valence-electron chi connectivity index (χ1n) is 10.4. The van der Waals surface area contributed by atoms with Gasteiger partial charge in [-0.1, -0.05) is 29.5 Å². The van der Waals surface area contributed by atoms with Crippen LogP contribution in [0.15, 0.2) is 40.1 Å². The third-order valence-electron chi connectivity index (χ3n) is 5.82. The van der Waals surface area contributed by atoms with Crippen LogP contribution in [0, 0.1) is 0 Å². The normalized spacial score (nSPS) is 16.2. The van der Waals surface area contributed by atoms with Gasteiger partial charge in [-0.15, -0.1) is 10.2 Å². The van der Waals surface area contributed by atoms with Gasteiger partial charge < -0.3 is 11.5 Å². The van der Waals surface area contributed by atoms with Crippen molar-refractivity contribution in [3.8, 4) is 22.5 Å². The number of piperidine rings is 1. The molecule has 0 radical (unpaired) electrons. The summed E-state index contributed by atoms with van der Waals surface area (Å²) in [5, 5.41) is 19.6. The maximum absolute atomic E-state index is 13.6. The zero-order chi connectivity index (χ0) is 25.0. The maximum Gasteiger partial charge on any atom is 0.244 e. The molecule has 184 valence electrons. The monoisotopic (exact) mass is 535 g/mol. The summed E-state index contributed by atoms with van der Waals surface area (Å²) in [6.45, 7) is 0.314. The van der Waals surface area contributed by atoms with Gasteiger partial charge >= 0.3 is 0 Å². The molecule has 1 saturated heterocycles. The molecule has 16 heteroatoms. The quantitative estimate of drug-likeness (QED) is 0.277. The molecule has 35 heavy (non-hydrogen) atoms. The number of nitrogens with two attached hydrogens (primary N) is 3. The van der Waals surface area contributed by atoms with E-state index >= 15 is 0 Å². The maximum atomic E-state index is 13.6. The van der Waals surface area contributed by atoms with Crippen LogP contribution < -0.4 is 16.6 Å². The third kappa shape index (κ3) is 4.17. The number of rotatable bonds is 5. The number of aromatic nitrogens is 5. The van der Waals surface area contributed by atoms with E-state index in [1.807, 2.05) is 6.07 Å². The summed E-state index contributed by atoms with van der Waals surface area (Å²) < 4.78 is 55.1. The van der Waals surface area contributed by atoms with Gasteiger partial charge in [0, 0.05) is 24.7 Å². The van der Waals surface area contributed by atoms with Gasteiger partial charge in [-0.25, -0.2) is 27.0 Å². The fourth-order valence-corrected chi connectivity index (χ4v) is 8.01. The van der Waals surface area contributed by atoms with Crippen LogP contribution in [0.2, 0.25) is 0 Å². The Kier molecular flexibility index (Phi) is 5.81. The van der Waals surface area contributed by atoms with Crippen molar-refractivity contribution in [2.75, 3.05) is 18.8 Å². The minimum absolute atomic E-state index is 0.102. The van der Waals surface area contributed by atoms with Gasteiger partial charge in [0.2, 0.25) is 25.9 Å². The average molecular weight is 536 g/mol. The van der Waals surface area contributed by atoms with E-state index in [0.717, 1.165) is 4.70 Å². The molecule has 1 aliphatic heterocycles. The van der Waals surface area contributed by atoms with Crippen LogP contribution in [-0.2, 0) is 20.0 Å². The Labute approximate surface area is 204 Å². The van der Waals surface area contributed by atoms with E-state index < -0.39 is 29.8 Å². The first-order valence-corrected chi connectivity index (χ1v) is 14.2. The summed E-state index contributed by atoms with van der Waals surface area (Å²) in [4.78, 5) is 3.28. The zero-order valence-corrected chi connectivity index (χ0v) is 20.6. The number of aromatic amines is 1. The molecule has 0 atom stereocenters. The second-order valence-electron chi connectivity index (χ2n) is 8.04. The molecule has 1 fully saturated rings. The Bertz CT molecular complexity index is 1630. The lowest BCUT2D eigenvalue weighted by molar-refractivity contribution is 0.319. The first-order chi connectivity index (χ1) is 16.6. The smallest absolute Gasteiger partial charge is 0.244 e. The minimum Gasteiger partial charge on any atom is -0.375 e.